The smallest absolute Gasteiger partial charge is 0.347 e. The minimum absolute atomic E-state index is 0.134. The largest absolute Gasteiger partial charge is 0.479 e. The zero-order valence-electron chi connectivity index (χ0n) is 18.3. The Morgan fingerprint density at radius 3 is 2.03 bits per heavy atom. The second-order valence-corrected chi connectivity index (χ2v) is 8.12. The van der Waals surface area contributed by atoms with Gasteiger partial charge in [-0.2, -0.15) is 5.26 Å². The number of ether oxygens (including phenoxy) is 2. The Hall–Kier alpha value is -3.66. The fourth-order valence-corrected chi connectivity index (χ4v) is 2.45. The molecule has 0 saturated carbocycles. The van der Waals surface area contributed by atoms with Crippen molar-refractivity contribution in [3.05, 3.63) is 59.7 Å². The summed E-state index contributed by atoms with van der Waals surface area (Å²) in [5.74, 6) is -0.771. The molecular formula is C24H26N2O5. The number of hydrogen-bond acceptors (Lipinski definition) is 6. The third-order valence-electron chi connectivity index (χ3n) is 4.40. The molecule has 2 rings (SSSR count). The normalized spacial score (nSPS) is 12.8. The standard InChI is InChI=1S/C24H26N2O5/c1-15(31-22(28)16(2)30-20-12-6-17(14-25)7-13-20)21(27)18-8-10-19(11-9-18)26-23(29)24(3,4)5/h6-13,15-16H,1-5H3,(H,26,29)/t15-,16-/m1/s1. The van der Waals surface area contributed by atoms with Gasteiger partial charge in [-0.3, -0.25) is 9.59 Å². The summed E-state index contributed by atoms with van der Waals surface area (Å²) in [6, 6.07) is 14.7. The number of nitriles is 1. The third-order valence-corrected chi connectivity index (χ3v) is 4.40. The van der Waals surface area contributed by atoms with Crippen LogP contribution in [0, 0.1) is 16.7 Å². The Balaban J connectivity index is 1.93. The number of anilines is 1. The van der Waals surface area contributed by atoms with Crippen LogP contribution in [0.1, 0.15) is 50.5 Å². The maximum atomic E-state index is 12.6. The van der Waals surface area contributed by atoms with Crippen molar-refractivity contribution in [3.63, 3.8) is 0 Å². The number of carbonyl (C=O) groups is 3. The Labute approximate surface area is 182 Å². The molecule has 0 aliphatic carbocycles. The van der Waals surface area contributed by atoms with Gasteiger partial charge in [0, 0.05) is 16.7 Å². The fraction of sp³-hybridized carbons (Fsp3) is 0.333. The number of hydrogen-bond donors (Lipinski definition) is 1. The van der Waals surface area contributed by atoms with E-state index in [2.05, 4.69) is 5.32 Å². The summed E-state index contributed by atoms with van der Waals surface area (Å²) in [6.07, 6.45) is -1.94. The van der Waals surface area contributed by atoms with E-state index in [4.69, 9.17) is 14.7 Å². The Morgan fingerprint density at radius 2 is 1.52 bits per heavy atom. The van der Waals surface area contributed by atoms with E-state index in [-0.39, 0.29) is 11.7 Å². The molecule has 0 bridgehead atoms. The first-order valence-electron chi connectivity index (χ1n) is 9.84. The minimum Gasteiger partial charge on any atom is -0.479 e. The van der Waals surface area contributed by atoms with Crippen LogP contribution in [-0.2, 0) is 14.3 Å². The number of benzene rings is 2. The number of nitrogens with one attached hydrogen (secondary N) is 1. The van der Waals surface area contributed by atoms with Crippen molar-refractivity contribution < 1.29 is 23.9 Å². The van der Waals surface area contributed by atoms with Crippen molar-refractivity contribution in [2.45, 2.75) is 46.8 Å². The number of rotatable bonds is 7. The zero-order valence-corrected chi connectivity index (χ0v) is 18.3. The number of Topliss-reactive ketones (excluding diaryl/α,β-unsaturated/α-hetero) is 1. The molecule has 0 aliphatic rings. The van der Waals surface area contributed by atoms with Crippen molar-refractivity contribution in [2.24, 2.45) is 5.41 Å². The molecule has 0 unspecified atom stereocenters. The number of nitrogens with zero attached hydrogens (tertiary/aromatic N) is 1. The lowest BCUT2D eigenvalue weighted by Crippen LogP contribution is -2.32. The van der Waals surface area contributed by atoms with Crippen LogP contribution in [0.4, 0.5) is 5.69 Å². The molecule has 0 radical (unpaired) electrons. The van der Waals surface area contributed by atoms with Gasteiger partial charge in [-0.1, -0.05) is 20.8 Å². The van der Waals surface area contributed by atoms with E-state index >= 15 is 0 Å². The van der Waals surface area contributed by atoms with Gasteiger partial charge in [0.2, 0.25) is 11.7 Å². The highest BCUT2D eigenvalue weighted by atomic mass is 16.6. The molecule has 0 aliphatic heterocycles. The maximum absolute atomic E-state index is 12.6. The highest BCUT2D eigenvalue weighted by molar-refractivity contribution is 6.01. The summed E-state index contributed by atoms with van der Waals surface area (Å²) >= 11 is 0. The van der Waals surface area contributed by atoms with Crippen LogP contribution < -0.4 is 10.1 Å². The van der Waals surface area contributed by atoms with Crippen molar-refractivity contribution in [2.75, 3.05) is 5.32 Å². The second kappa shape index (κ2) is 9.90. The Kier molecular flexibility index (Phi) is 7.54. The summed E-state index contributed by atoms with van der Waals surface area (Å²) in [6.45, 7) is 8.43. The SMILES string of the molecule is C[C@@H](Oc1ccc(C#N)cc1)C(=O)O[C@H](C)C(=O)c1ccc(NC(=O)C(C)(C)C)cc1. The minimum atomic E-state index is -1.01. The van der Waals surface area contributed by atoms with Crippen LogP contribution in [0.2, 0.25) is 0 Å². The van der Waals surface area contributed by atoms with Crippen LogP contribution in [0.15, 0.2) is 48.5 Å². The average Bonchev–Trinajstić information content (AvgIpc) is 2.73. The van der Waals surface area contributed by atoms with E-state index in [1.807, 2.05) is 26.8 Å². The molecule has 0 saturated heterocycles. The Morgan fingerprint density at radius 1 is 0.935 bits per heavy atom. The van der Waals surface area contributed by atoms with Crippen molar-refractivity contribution in [3.8, 4) is 11.8 Å². The summed E-state index contributed by atoms with van der Waals surface area (Å²) in [5.41, 5.74) is 0.874. The predicted molar refractivity (Wildman–Crippen MR) is 116 cm³/mol. The van der Waals surface area contributed by atoms with Crippen LogP contribution >= 0.6 is 0 Å². The van der Waals surface area contributed by atoms with Crippen molar-refractivity contribution in [1.29, 1.82) is 5.26 Å². The molecule has 0 heterocycles. The molecule has 2 aromatic rings. The first-order chi connectivity index (χ1) is 14.5. The van der Waals surface area contributed by atoms with Crippen LogP contribution in [0.5, 0.6) is 5.75 Å². The molecule has 162 valence electrons. The monoisotopic (exact) mass is 422 g/mol. The summed E-state index contributed by atoms with van der Waals surface area (Å²) in [5, 5.41) is 11.6. The Bertz CT molecular complexity index is 983. The summed E-state index contributed by atoms with van der Waals surface area (Å²) in [4.78, 5) is 36.9. The first-order valence-corrected chi connectivity index (χ1v) is 9.84. The van der Waals surface area contributed by atoms with Gasteiger partial charge < -0.3 is 14.8 Å². The van der Waals surface area contributed by atoms with E-state index in [0.717, 1.165) is 0 Å². The molecule has 0 fully saturated rings. The molecule has 1 N–H and O–H groups in total. The molecular weight excluding hydrogens is 396 g/mol. The van der Waals surface area contributed by atoms with E-state index in [1.165, 1.54) is 13.8 Å². The third kappa shape index (κ3) is 6.68. The first kappa shape index (κ1) is 23.6. The molecule has 7 nitrogen and oxygen atoms in total. The maximum Gasteiger partial charge on any atom is 0.347 e. The van der Waals surface area contributed by atoms with E-state index in [9.17, 15) is 14.4 Å². The lowest BCUT2D eigenvalue weighted by molar-refractivity contribution is -0.153. The van der Waals surface area contributed by atoms with E-state index in [0.29, 0.717) is 22.6 Å². The molecule has 1 amide bonds. The van der Waals surface area contributed by atoms with Gasteiger partial charge in [-0.05, 0) is 62.4 Å². The van der Waals surface area contributed by atoms with Gasteiger partial charge in [0.25, 0.3) is 0 Å². The fourth-order valence-electron chi connectivity index (χ4n) is 2.45. The number of carbonyl (C=O) groups excluding carboxylic acids is 3. The summed E-state index contributed by atoms with van der Waals surface area (Å²) in [7, 11) is 0. The number of amides is 1. The molecule has 0 spiro atoms. The average molecular weight is 422 g/mol. The molecule has 31 heavy (non-hydrogen) atoms. The highest BCUT2D eigenvalue weighted by Crippen LogP contribution is 2.19. The van der Waals surface area contributed by atoms with Gasteiger partial charge in [-0.15, -0.1) is 0 Å². The zero-order chi connectivity index (χ0) is 23.2. The van der Waals surface area contributed by atoms with Crippen LogP contribution in [0.25, 0.3) is 0 Å². The molecule has 2 atom stereocenters. The van der Waals surface area contributed by atoms with E-state index < -0.39 is 23.6 Å². The lowest BCUT2D eigenvalue weighted by atomic mass is 9.95. The molecule has 0 aromatic heterocycles. The number of ketones is 1. The van der Waals surface area contributed by atoms with Gasteiger partial charge in [0.15, 0.2) is 12.2 Å². The van der Waals surface area contributed by atoms with E-state index in [1.54, 1.807) is 48.5 Å². The number of esters is 1. The van der Waals surface area contributed by atoms with Crippen molar-refractivity contribution >= 4 is 23.3 Å². The quantitative estimate of drug-likeness (QED) is 0.531. The van der Waals surface area contributed by atoms with Gasteiger partial charge in [-0.25, -0.2) is 4.79 Å². The highest BCUT2D eigenvalue weighted by Gasteiger charge is 2.25. The topological polar surface area (TPSA) is 105 Å². The summed E-state index contributed by atoms with van der Waals surface area (Å²) < 4.78 is 10.8. The lowest BCUT2D eigenvalue weighted by Gasteiger charge is -2.18. The van der Waals surface area contributed by atoms with Gasteiger partial charge in [0.05, 0.1) is 11.6 Å². The molecule has 2 aromatic carbocycles. The predicted octanol–water partition coefficient (Wildman–Crippen LogP) is 4.12. The second-order valence-electron chi connectivity index (χ2n) is 8.12. The van der Waals surface area contributed by atoms with Crippen LogP contribution in [-0.4, -0.2) is 29.9 Å². The molecule has 7 heteroatoms. The van der Waals surface area contributed by atoms with Gasteiger partial charge >= 0.3 is 5.97 Å². The van der Waals surface area contributed by atoms with Crippen molar-refractivity contribution in [1.82, 2.24) is 0 Å². The van der Waals surface area contributed by atoms with Crippen LogP contribution in [0.3, 0.4) is 0 Å². The van der Waals surface area contributed by atoms with Gasteiger partial charge in [0.1, 0.15) is 5.75 Å².